The molecule has 1 aliphatic rings. The Balaban J connectivity index is 2.38. The molecule has 17 heavy (non-hydrogen) atoms. The first-order chi connectivity index (χ1) is 7.89. The normalized spacial score (nSPS) is 24.0. The van der Waals surface area contributed by atoms with Crippen molar-refractivity contribution < 1.29 is 10.0 Å². The van der Waals surface area contributed by atoms with Crippen LogP contribution in [0.25, 0.3) is 0 Å². The van der Waals surface area contributed by atoms with Crippen molar-refractivity contribution in [3.05, 3.63) is 16.3 Å². The van der Waals surface area contributed by atoms with Crippen LogP contribution in [-0.2, 0) is 0 Å². The Hall–Kier alpha value is -1.96. The van der Waals surface area contributed by atoms with Crippen molar-refractivity contribution in [2.45, 2.75) is 18.9 Å². The van der Waals surface area contributed by atoms with E-state index in [1.165, 1.54) is 0 Å². The van der Waals surface area contributed by atoms with E-state index in [1.807, 2.05) is 0 Å². The van der Waals surface area contributed by atoms with Crippen molar-refractivity contribution in [3.63, 3.8) is 0 Å². The SMILES string of the molecule is CC1(O)CCN(c2nc(N)ncc2[N+](=O)[O-])C1. The lowest BCUT2D eigenvalue weighted by Gasteiger charge is -2.19. The third kappa shape index (κ3) is 2.26. The van der Waals surface area contributed by atoms with Gasteiger partial charge in [-0.3, -0.25) is 10.1 Å². The van der Waals surface area contributed by atoms with Crippen molar-refractivity contribution in [1.82, 2.24) is 9.97 Å². The van der Waals surface area contributed by atoms with Crippen LogP contribution in [-0.4, -0.2) is 38.7 Å². The van der Waals surface area contributed by atoms with Gasteiger partial charge in [0.25, 0.3) is 0 Å². The van der Waals surface area contributed by atoms with Gasteiger partial charge in [0.1, 0.15) is 6.20 Å². The molecule has 1 fully saturated rings. The van der Waals surface area contributed by atoms with Crippen LogP contribution >= 0.6 is 0 Å². The van der Waals surface area contributed by atoms with Gasteiger partial charge in [0.15, 0.2) is 0 Å². The lowest BCUT2D eigenvalue weighted by atomic mass is 10.1. The number of aliphatic hydroxyl groups is 1. The van der Waals surface area contributed by atoms with E-state index in [9.17, 15) is 15.2 Å². The minimum atomic E-state index is -0.854. The molecule has 8 nitrogen and oxygen atoms in total. The molecule has 0 bridgehead atoms. The van der Waals surface area contributed by atoms with E-state index in [4.69, 9.17) is 5.73 Å². The van der Waals surface area contributed by atoms with E-state index in [1.54, 1.807) is 11.8 Å². The number of rotatable bonds is 2. The molecule has 0 aliphatic carbocycles. The summed E-state index contributed by atoms with van der Waals surface area (Å²) < 4.78 is 0. The third-order valence-corrected chi connectivity index (χ3v) is 2.72. The number of anilines is 2. The first-order valence-electron chi connectivity index (χ1n) is 5.13. The fourth-order valence-corrected chi connectivity index (χ4v) is 1.87. The van der Waals surface area contributed by atoms with Crippen molar-refractivity contribution in [2.75, 3.05) is 23.7 Å². The molecule has 1 aromatic heterocycles. The zero-order valence-electron chi connectivity index (χ0n) is 9.33. The second-order valence-corrected chi connectivity index (χ2v) is 4.36. The van der Waals surface area contributed by atoms with Gasteiger partial charge >= 0.3 is 5.69 Å². The van der Waals surface area contributed by atoms with Crippen LogP contribution in [0.2, 0.25) is 0 Å². The Kier molecular flexibility index (Phi) is 2.58. The minimum Gasteiger partial charge on any atom is -0.388 e. The molecule has 3 N–H and O–H groups in total. The van der Waals surface area contributed by atoms with Gasteiger partial charge < -0.3 is 15.7 Å². The fourth-order valence-electron chi connectivity index (χ4n) is 1.87. The van der Waals surface area contributed by atoms with Crippen LogP contribution in [0.4, 0.5) is 17.5 Å². The first kappa shape index (κ1) is 11.5. The van der Waals surface area contributed by atoms with Crippen molar-refractivity contribution in [2.24, 2.45) is 0 Å². The molecule has 92 valence electrons. The lowest BCUT2D eigenvalue weighted by Crippen LogP contribution is -2.30. The molecule has 2 heterocycles. The summed E-state index contributed by atoms with van der Waals surface area (Å²) in [5, 5.41) is 20.7. The zero-order valence-corrected chi connectivity index (χ0v) is 9.33. The van der Waals surface area contributed by atoms with Crippen molar-refractivity contribution in [1.29, 1.82) is 0 Å². The smallest absolute Gasteiger partial charge is 0.329 e. The number of hydrogen-bond acceptors (Lipinski definition) is 7. The molecule has 0 amide bonds. The highest BCUT2D eigenvalue weighted by Crippen LogP contribution is 2.31. The summed E-state index contributed by atoms with van der Waals surface area (Å²) >= 11 is 0. The van der Waals surface area contributed by atoms with Crippen molar-refractivity contribution >= 4 is 17.5 Å². The van der Waals surface area contributed by atoms with Gasteiger partial charge in [0.2, 0.25) is 11.8 Å². The van der Waals surface area contributed by atoms with Crippen LogP contribution in [0, 0.1) is 10.1 Å². The number of nitrogens with zero attached hydrogens (tertiary/aromatic N) is 4. The van der Waals surface area contributed by atoms with Crippen LogP contribution < -0.4 is 10.6 Å². The van der Waals surface area contributed by atoms with Crippen LogP contribution in [0.15, 0.2) is 6.20 Å². The molecule has 1 saturated heterocycles. The molecule has 1 atom stereocenters. The predicted molar refractivity (Wildman–Crippen MR) is 60.6 cm³/mol. The quantitative estimate of drug-likeness (QED) is 0.547. The Morgan fingerprint density at radius 2 is 2.41 bits per heavy atom. The van der Waals surface area contributed by atoms with Crippen molar-refractivity contribution in [3.8, 4) is 0 Å². The summed E-state index contributed by atoms with van der Waals surface area (Å²) in [6.45, 7) is 2.48. The third-order valence-electron chi connectivity index (χ3n) is 2.72. The van der Waals surface area contributed by atoms with Gasteiger partial charge in [0.05, 0.1) is 10.5 Å². The average Bonchev–Trinajstić information content (AvgIpc) is 2.58. The molecule has 1 aromatic rings. The van der Waals surface area contributed by atoms with E-state index in [0.717, 1.165) is 6.20 Å². The molecule has 0 spiro atoms. The first-order valence-corrected chi connectivity index (χ1v) is 5.13. The monoisotopic (exact) mass is 239 g/mol. The second-order valence-electron chi connectivity index (χ2n) is 4.36. The molecular weight excluding hydrogens is 226 g/mol. The van der Waals surface area contributed by atoms with E-state index < -0.39 is 10.5 Å². The number of nitrogen functional groups attached to an aromatic ring is 1. The molecule has 1 aliphatic heterocycles. The van der Waals surface area contributed by atoms with Gasteiger partial charge in [0, 0.05) is 13.1 Å². The average molecular weight is 239 g/mol. The van der Waals surface area contributed by atoms with Gasteiger partial charge in [-0.25, -0.2) is 4.98 Å². The standard InChI is InChI=1S/C9H13N5O3/c1-9(15)2-3-13(5-9)7-6(14(16)17)4-11-8(10)12-7/h4,15H,2-3,5H2,1H3,(H2,10,11,12). The van der Waals surface area contributed by atoms with Crippen LogP contribution in [0.5, 0.6) is 0 Å². The summed E-state index contributed by atoms with van der Waals surface area (Å²) in [4.78, 5) is 19.4. The second kappa shape index (κ2) is 3.81. The summed E-state index contributed by atoms with van der Waals surface area (Å²) in [5.41, 5.74) is 4.38. The topological polar surface area (TPSA) is 118 Å². The molecule has 0 saturated carbocycles. The highest BCUT2D eigenvalue weighted by molar-refractivity contribution is 5.59. The number of nitro groups is 1. The Morgan fingerprint density at radius 1 is 1.71 bits per heavy atom. The highest BCUT2D eigenvalue weighted by Gasteiger charge is 2.35. The number of aromatic nitrogens is 2. The molecule has 8 heteroatoms. The lowest BCUT2D eigenvalue weighted by molar-refractivity contribution is -0.384. The van der Waals surface area contributed by atoms with E-state index in [2.05, 4.69) is 9.97 Å². The zero-order chi connectivity index (χ0) is 12.6. The summed E-state index contributed by atoms with van der Waals surface area (Å²) in [7, 11) is 0. The summed E-state index contributed by atoms with van der Waals surface area (Å²) in [5.74, 6) is 0.150. The Bertz CT molecular complexity index is 462. The largest absolute Gasteiger partial charge is 0.388 e. The Labute approximate surface area is 97.2 Å². The summed E-state index contributed by atoms with van der Waals surface area (Å²) in [6, 6.07) is 0. The maximum Gasteiger partial charge on any atom is 0.329 e. The highest BCUT2D eigenvalue weighted by atomic mass is 16.6. The molecule has 0 radical (unpaired) electrons. The molecule has 2 rings (SSSR count). The van der Waals surface area contributed by atoms with Gasteiger partial charge in [-0.05, 0) is 13.3 Å². The molecule has 1 unspecified atom stereocenters. The minimum absolute atomic E-state index is 0.0165. The van der Waals surface area contributed by atoms with E-state index in [-0.39, 0.29) is 17.5 Å². The number of β-amino-alcohol motifs (C(OH)–C–C–N with tert-alkyl or cyclic N) is 1. The number of nitrogens with two attached hydrogens (primary N) is 1. The van der Waals surface area contributed by atoms with E-state index >= 15 is 0 Å². The van der Waals surface area contributed by atoms with Gasteiger partial charge in [-0.1, -0.05) is 0 Å². The Morgan fingerprint density at radius 3 is 2.94 bits per heavy atom. The maximum atomic E-state index is 10.8. The maximum absolute atomic E-state index is 10.8. The predicted octanol–water partition coefficient (Wildman–Crippen LogP) is -0.0719. The van der Waals surface area contributed by atoms with Gasteiger partial charge in [-0.2, -0.15) is 4.98 Å². The van der Waals surface area contributed by atoms with Crippen LogP contribution in [0.1, 0.15) is 13.3 Å². The van der Waals surface area contributed by atoms with Gasteiger partial charge in [-0.15, -0.1) is 0 Å². The van der Waals surface area contributed by atoms with E-state index in [0.29, 0.717) is 19.5 Å². The molecule has 0 aromatic carbocycles. The number of hydrogen-bond donors (Lipinski definition) is 2. The fraction of sp³-hybridized carbons (Fsp3) is 0.556. The summed E-state index contributed by atoms with van der Waals surface area (Å²) in [6.07, 6.45) is 1.62. The van der Waals surface area contributed by atoms with Crippen LogP contribution in [0.3, 0.4) is 0 Å². The molecular formula is C9H13N5O3.